The number of thiophene rings is 1. The molecular formula is C17H20BrNS. The molecular weight excluding hydrogens is 330 g/mol. The number of rotatable bonds is 5. The third-order valence-electron chi connectivity index (χ3n) is 4.05. The number of hydrogen-bond donors (Lipinski definition) is 1. The van der Waals surface area contributed by atoms with Crippen LogP contribution in [0.3, 0.4) is 0 Å². The molecule has 3 rings (SSSR count). The van der Waals surface area contributed by atoms with Crippen molar-refractivity contribution in [2.45, 2.75) is 44.7 Å². The average Bonchev–Trinajstić information content (AvgIpc) is 3.07. The van der Waals surface area contributed by atoms with E-state index in [9.17, 15) is 0 Å². The standard InChI is InChI=1S/C17H20BrNS/c1-2-4-16(17-5-3-10-20-17)19-15-9-6-12-11-13(18)7-8-14(12)15/h3,5,7-8,10-11,15-16,19H,2,4,6,9H2,1H3. The van der Waals surface area contributed by atoms with Crippen molar-refractivity contribution in [3.8, 4) is 0 Å². The zero-order valence-electron chi connectivity index (χ0n) is 11.7. The maximum absolute atomic E-state index is 3.89. The number of benzene rings is 1. The molecule has 0 radical (unpaired) electrons. The van der Waals surface area contributed by atoms with E-state index >= 15 is 0 Å². The molecule has 0 aliphatic heterocycles. The van der Waals surface area contributed by atoms with Gasteiger partial charge in [0.15, 0.2) is 0 Å². The molecule has 106 valence electrons. The van der Waals surface area contributed by atoms with E-state index in [0.29, 0.717) is 12.1 Å². The largest absolute Gasteiger partial charge is 0.302 e. The first-order valence-electron chi connectivity index (χ1n) is 7.35. The van der Waals surface area contributed by atoms with Crippen LogP contribution in [-0.2, 0) is 6.42 Å². The van der Waals surface area contributed by atoms with E-state index in [1.807, 2.05) is 11.3 Å². The SMILES string of the molecule is CCCC(NC1CCc2cc(Br)ccc21)c1cccs1. The normalized spacial score (nSPS) is 19.0. The van der Waals surface area contributed by atoms with Gasteiger partial charge in [-0.25, -0.2) is 0 Å². The summed E-state index contributed by atoms with van der Waals surface area (Å²) in [4.78, 5) is 1.47. The monoisotopic (exact) mass is 349 g/mol. The first-order valence-corrected chi connectivity index (χ1v) is 9.03. The van der Waals surface area contributed by atoms with Crippen molar-refractivity contribution < 1.29 is 0 Å². The van der Waals surface area contributed by atoms with Gasteiger partial charge in [-0.1, -0.05) is 41.4 Å². The van der Waals surface area contributed by atoms with Gasteiger partial charge in [-0.3, -0.25) is 0 Å². The highest BCUT2D eigenvalue weighted by Crippen LogP contribution is 2.36. The maximum atomic E-state index is 3.89. The van der Waals surface area contributed by atoms with E-state index in [-0.39, 0.29) is 0 Å². The summed E-state index contributed by atoms with van der Waals surface area (Å²) < 4.78 is 1.19. The second-order valence-corrected chi connectivity index (χ2v) is 7.35. The fourth-order valence-electron chi connectivity index (χ4n) is 3.09. The summed E-state index contributed by atoms with van der Waals surface area (Å²) in [6, 6.07) is 12.1. The van der Waals surface area contributed by atoms with Gasteiger partial charge in [0.05, 0.1) is 0 Å². The highest BCUT2D eigenvalue weighted by Gasteiger charge is 2.25. The van der Waals surface area contributed by atoms with E-state index in [2.05, 4.69) is 63.9 Å². The van der Waals surface area contributed by atoms with Crippen molar-refractivity contribution in [3.05, 3.63) is 56.2 Å². The molecule has 1 aliphatic carbocycles. The predicted octanol–water partition coefficient (Wildman–Crippen LogP) is 5.63. The molecule has 1 aliphatic rings. The van der Waals surface area contributed by atoms with E-state index in [1.54, 1.807) is 0 Å². The number of halogens is 1. The Kier molecular flexibility index (Phi) is 4.59. The summed E-state index contributed by atoms with van der Waals surface area (Å²) in [6.07, 6.45) is 4.84. The molecule has 1 aromatic carbocycles. The zero-order valence-corrected chi connectivity index (χ0v) is 14.1. The van der Waals surface area contributed by atoms with Crippen LogP contribution in [0, 0.1) is 0 Å². The number of hydrogen-bond acceptors (Lipinski definition) is 2. The molecule has 0 bridgehead atoms. The molecule has 0 fully saturated rings. The minimum absolute atomic E-state index is 0.500. The van der Waals surface area contributed by atoms with Crippen LogP contribution < -0.4 is 5.32 Å². The minimum Gasteiger partial charge on any atom is -0.302 e. The van der Waals surface area contributed by atoms with Crippen molar-refractivity contribution in [1.82, 2.24) is 5.32 Å². The molecule has 1 aromatic heterocycles. The Morgan fingerprint density at radius 3 is 3.05 bits per heavy atom. The lowest BCUT2D eigenvalue weighted by atomic mass is 10.0. The van der Waals surface area contributed by atoms with Crippen LogP contribution in [0.4, 0.5) is 0 Å². The lowest BCUT2D eigenvalue weighted by Gasteiger charge is -2.22. The molecule has 2 unspecified atom stereocenters. The number of fused-ring (bicyclic) bond motifs is 1. The highest BCUT2D eigenvalue weighted by atomic mass is 79.9. The average molecular weight is 350 g/mol. The molecule has 1 heterocycles. The first kappa shape index (κ1) is 14.3. The molecule has 0 spiro atoms. The molecule has 1 N–H and O–H groups in total. The lowest BCUT2D eigenvalue weighted by molar-refractivity contribution is 0.424. The third-order valence-corrected chi connectivity index (χ3v) is 5.53. The fraction of sp³-hybridized carbons (Fsp3) is 0.412. The van der Waals surface area contributed by atoms with Gasteiger partial charge >= 0.3 is 0 Å². The molecule has 2 atom stereocenters. The Bertz CT molecular complexity index is 564. The molecule has 0 amide bonds. The van der Waals surface area contributed by atoms with Gasteiger partial charge in [-0.2, -0.15) is 0 Å². The molecule has 1 nitrogen and oxygen atoms in total. The van der Waals surface area contributed by atoms with Crippen molar-refractivity contribution in [2.75, 3.05) is 0 Å². The molecule has 2 aromatic rings. The highest BCUT2D eigenvalue weighted by molar-refractivity contribution is 9.10. The van der Waals surface area contributed by atoms with Crippen LogP contribution in [0.5, 0.6) is 0 Å². The fourth-order valence-corrected chi connectivity index (χ4v) is 4.32. The van der Waals surface area contributed by atoms with Crippen LogP contribution in [-0.4, -0.2) is 0 Å². The number of nitrogens with one attached hydrogen (secondary N) is 1. The lowest BCUT2D eigenvalue weighted by Crippen LogP contribution is -2.24. The van der Waals surface area contributed by atoms with Crippen LogP contribution in [0.15, 0.2) is 40.2 Å². The van der Waals surface area contributed by atoms with E-state index < -0.39 is 0 Å². The summed E-state index contributed by atoms with van der Waals surface area (Å²) in [7, 11) is 0. The Labute approximate surface area is 133 Å². The first-order chi connectivity index (χ1) is 9.78. The number of aryl methyl sites for hydroxylation is 1. The minimum atomic E-state index is 0.500. The van der Waals surface area contributed by atoms with Crippen molar-refractivity contribution >= 4 is 27.3 Å². The Morgan fingerprint density at radius 1 is 1.40 bits per heavy atom. The van der Waals surface area contributed by atoms with Gasteiger partial charge in [0.25, 0.3) is 0 Å². The van der Waals surface area contributed by atoms with Gasteiger partial charge in [-0.05, 0) is 54.0 Å². The van der Waals surface area contributed by atoms with Gasteiger partial charge in [0.1, 0.15) is 0 Å². The molecule has 20 heavy (non-hydrogen) atoms. The zero-order chi connectivity index (χ0) is 13.9. The summed E-state index contributed by atoms with van der Waals surface area (Å²) in [5.41, 5.74) is 2.99. The summed E-state index contributed by atoms with van der Waals surface area (Å²) in [5.74, 6) is 0. The van der Waals surface area contributed by atoms with Crippen LogP contribution >= 0.6 is 27.3 Å². The van der Waals surface area contributed by atoms with Gasteiger partial charge in [0.2, 0.25) is 0 Å². The van der Waals surface area contributed by atoms with Gasteiger partial charge < -0.3 is 5.32 Å². The van der Waals surface area contributed by atoms with E-state index in [1.165, 1.54) is 46.2 Å². The molecule has 0 saturated carbocycles. The Morgan fingerprint density at radius 2 is 2.30 bits per heavy atom. The quantitative estimate of drug-likeness (QED) is 0.737. The second kappa shape index (κ2) is 6.42. The summed E-state index contributed by atoms with van der Waals surface area (Å²) >= 11 is 5.44. The maximum Gasteiger partial charge on any atom is 0.0419 e. The predicted molar refractivity (Wildman–Crippen MR) is 90.3 cm³/mol. The van der Waals surface area contributed by atoms with E-state index in [4.69, 9.17) is 0 Å². The van der Waals surface area contributed by atoms with Crippen molar-refractivity contribution in [1.29, 1.82) is 0 Å². The Hall–Kier alpha value is -0.640. The van der Waals surface area contributed by atoms with Crippen LogP contribution in [0.2, 0.25) is 0 Å². The summed E-state index contributed by atoms with van der Waals surface area (Å²) in [6.45, 7) is 2.27. The van der Waals surface area contributed by atoms with Crippen molar-refractivity contribution in [2.24, 2.45) is 0 Å². The van der Waals surface area contributed by atoms with Gasteiger partial charge in [-0.15, -0.1) is 11.3 Å². The van der Waals surface area contributed by atoms with Crippen LogP contribution in [0.25, 0.3) is 0 Å². The third kappa shape index (κ3) is 3.00. The smallest absolute Gasteiger partial charge is 0.0419 e. The summed E-state index contributed by atoms with van der Waals surface area (Å²) in [5, 5.41) is 6.07. The topological polar surface area (TPSA) is 12.0 Å². The Balaban J connectivity index is 1.78. The van der Waals surface area contributed by atoms with Crippen LogP contribution in [0.1, 0.15) is 54.3 Å². The van der Waals surface area contributed by atoms with E-state index in [0.717, 1.165) is 0 Å². The molecule has 0 saturated heterocycles. The second-order valence-electron chi connectivity index (χ2n) is 5.46. The molecule has 3 heteroatoms. The van der Waals surface area contributed by atoms with Gasteiger partial charge in [0, 0.05) is 21.4 Å². The van der Waals surface area contributed by atoms with Crippen molar-refractivity contribution in [3.63, 3.8) is 0 Å².